The van der Waals surface area contributed by atoms with Crippen LogP contribution in [0.4, 0.5) is 0 Å². The Labute approximate surface area is 182 Å². The number of nitrogens with zero attached hydrogens (tertiary/aromatic N) is 2. The number of fused-ring (bicyclic) bond motifs is 1. The van der Waals surface area contributed by atoms with E-state index in [1.54, 1.807) is 11.8 Å². The van der Waals surface area contributed by atoms with E-state index in [4.69, 9.17) is 4.74 Å². The fourth-order valence-electron chi connectivity index (χ4n) is 4.15. The molecule has 1 saturated heterocycles. The predicted molar refractivity (Wildman–Crippen MR) is 116 cm³/mol. The van der Waals surface area contributed by atoms with Crippen molar-refractivity contribution in [2.24, 2.45) is 0 Å². The number of hydrogen-bond acceptors (Lipinski definition) is 5. The molecule has 2 aromatic rings. The predicted octanol–water partition coefficient (Wildman–Crippen LogP) is 2.50. The van der Waals surface area contributed by atoms with E-state index in [1.165, 1.54) is 39.7 Å². The number of carbonyl (C=O) groups is 2. The van der Waals surface area contributed by atoms with E-state index in [2.05, 4.69) is 0 Å². The van der Waals surface area contributed by atoms with Gasteiger partial charge in [0.05, 0.1) is 17.1 Å². The first-order chi connectivity index (χ1) is 14.9. The van der Waals surface area contributed by atoms with Crippen LogP contribution in [0.2, 0.25) is 0 Å². The third-order valence-electron chi connectivity index (χ3n) is 5.87. The van der Waals surface area contributed by atoms with Gasteiger partial charge in [-0.25, -0.2) is 13.2 Å². The Morgan fingerprint density at radius 3 is 2.23 bits per heavy atom. The van der Waals surface area contributed by atoms with Crippen molar-refractivity contribution in [2.45, 2.75) is 31.1 Å². The smallest absolute Gasteiger partial charge is 0.338 e. The average Bonchev–Trinajstić information content (AvgIpc) is 3.27. The lowest BCUT2D eigenvalue weighted by Gasteiger charge is -2.34. The Bertz CT molecular complexity index is 1090. The van der Waals surface area contributed by atoms with Crippen LogP contribution in [-0.4, -0.2) is 62.3 Å². The number of rotatable bonds is 5. The molecule has 0 radical (unpaired) electrons. The molecule has 0 bridgehead atoms. The molecule has 164 valence electrons. The van der Waals surface area contributed by atoms with Crippen LogP contribution < -0.4 is 0 Å². The summed E-state index contributed by atoms with van der Waals surface area (Å²) in [5, 5.41) is 0. The fraction of sp³-hybridized carbons (Fsp3) is 0.391. The maximum absolute atomic E-state index is 13.0. The fourth-order valence-corrected chi connectivity index (χ4v) is 5.57. The lowest BCUT2D eigenvalue weighted by molar-refractivity contribution is 0.0526. The highest BCUT2D eigenvalue weighted by molar-refractivity contribution is 7.89. The van der Waals surface area contributed by atoms with E-state index in [9.17, 15) is 18.0 Å². The van der Waals surface area contributed by atoms with Crippen molar-refractivity contribution in [3.63, 3.8) is 0 Å². The first kappa shape index (κ1) is 21.5. The number of amides is 1. The highest BCUT2D eigenvalue weighted by Gasteiger charge is 2.31. The minimum absolute atomic E-state index is 0.0504. The summed E-state index contributed by atoms with van der Waals surface area (Å²) < 4.78 is 32.3. The lowest BCUT2D eigenvalue weighted by atomic mass is 10.1. The molecule has 31 heavy (non-hydrogen) atoms. The molecule has 1 aliphatic carbocycles. The van der Waals surface area contributed by atoms with Crippen molar-refractivity contribution in [3.8, 4) is 0 Å². The molecule has 2 aromatic carbocycles. The summed E-state index contributed by atoms with van der Waals surface area (Å²) in [6.45, 7) is 3.13. The molecule has 0 saturated carbocycles. The first-order valence-electron chi connectivity index (χ1n) is 10.6. The Kier molecular flexibility index (Phi) is 6.11. The number of benzene rings is 2. The summed E-state index contributed by atoms with van der Waals surface area (Å²) in [7, 11) is -3.70. The maximum Gasteiger partial charge on any atom is 0.338 e. The standard InChI is InChI=1S/C23H26N2O5S/c1-2-30-23(27)18-8-10-21(11-9-18)31(28,29)25-14-12-24(13-15-25)22(26)20-7-6-17-4-3-5-19(17)16-20/h6-11,16H,2-5,12-15H2,1H3. The lowest BCUT2D eigenvalue weighted by Crippen LogP contribution is -2.50. The Morgan fingerprint density at radius 1 is 0.903 bits per heavy atom. The summed E-state index contributed by atoms with van der Waals surface area (Å²) in [6.07, 6.45) is 3.21. The van der Waals surface area contributed by atoms with Gasteiger partial charge in [-0.3, -0.25) is 4.79 Å². The van der Waals surface area contributed by atoms with Crippen LogP contribution in [0.3, 0.4) is 0 Å². The minimum Gasteiger partial charge on any atom is -0.462 e. The van der Waals surface area contributed by atoms with E-state index in [0.717, 1.165) is 19.3 Å². The number of piperazine rings is 1. The van der Waals surface area contributed by atoms with Crippen LogP contribution in [0.15, 0.2) is 47.4 Å². The number of hydrogen-bond donors (Lipinski definition) is 0. The molecule has 0 unspecified atom stereocenters. The van der Waals surface area contributed by atoms with Gasteiger partial charge in [0.15, 0.2) is 0 Å². The molecular weight excluding hydrogens is 416 g/mol. The van der Waals surface area contributed by atoms with E-state index >= 15 is 0 Å². The van der Waals surface area contributed by atoms with E-state index < -0.39 is 16.0 Å². The summed E-state index contributed by atoms with van der Waals surface area (Å²) in [4.78, 5) is 26.5. The van der Waals surface area contributed by atoms with Crippen molar-refractivity contribution in [1.82, 2.24) is 9.21 Å². The van der Waals surface area contributed by atoms with Gasteiger partial charge in [0.1, 0.15) is 0 Å². The third-order valence-corrected chi connectivity index (χ3v) is 7.79. The molecule has 1 heterocycles. The molecule has 1 amide bonds. The van der Waals surface area contributed by atoms with E-state index in [-0.39, 0.29) is 30.5 Å². The van der Waals surface area contributed by atoms with Crippen molar-refractivity contribution in [3.05, 3.63) is 64.7 Å². The first-order valence-corrected chi connectivity index (χ1v) is 12.0. The number of ether oxygens (including phenoxy) is 1. The van der Waals surface area contributed by atoms with Gasteiger partial charge < -0.3 is 9.64 Å². The van der Waals surface area contributed by atoms with Gasteiger partial charge in [-0.15, -0.1) is 0 Å². The molecule has 4 rings (SSSR count). The monoisotopic (exact) mass is 442 g/mol. The van der Waals surface area contributed by atoms with Crippen LogP contribution in [-0.2, 0) is 27.6 Å². The van der Waals surface area contributed by atoms with Crippen molar-refractivity contribution < 1.29 is 22.7 Å². The molecule has 1 aliphatic heterocycles. The normalized spacial score (nSPS) is 16.7. The van der Waals surface area contributed by atoms with E-state index in [1.807, 2.05) is 18.2 Å². The van der Waals surface area contributed by atoms with Gasteiger partial charge in [0.25, 0.3) is 5.91 Å². The summed E-state index contributed by atoms with van der Waals surface area (Å²) >= 11 is 0. The Hall–Kier alpha value is -2.71. The zero-order chi connectivity index (χ0) is 22.0. The largest absolute Gasteiger partial charge is 0.462 e. The van der Waals surface area contributed by atoms with Gasteiger partial charge >= 0.3 is 5.97 Å². The number of aryl methyl sites for hydroxylation is 2. The highest BCUT2D eigenvalue weighted by atomic mass is 32.2. The molecular formula is C23H26N2O5S. The minimum atomic E-state index is -3.70. The average molecular weight is 443 g/mol. The van der Waals surface area contributed by atoms with Crippen LogP contribution in [0.5, 0.6) is 0 Å². The van der Waals surface area contributed by atoms with Crippen LogP contribution in [0.25, 0.3) is 0 Å². The van der Waals surface area contributed by atoms with Crippen LogP contribution >= 0.6 is 0 Å². The van der Waals surface area contributed by atoms with E-state index in [0.29, 0.717) is 24.2 Å². The Morgan fingerprint density at radius 2 is 1.55 bits per heavy atom. The zero-order valence-electron chi connectivity index (χ0n) is 17.5. The van der Waals surface area contributed by atoms with Gasteiger partial charge in [-0.2, -0.15) is 4.31 Å². The van der Waals surface area contributed by atoms with Gasteiger partial charge in [-0.1, -0.05) is 6.07 Å². The highest BCUT2D eigenvalue weighted by Crippen LogP contribution is 2.24. The molecule has 0 aromatic heterocycles. The van der Waals surface area contributed by atoms with Crippen molar-refractivity contribution in [1.29, 1.82) is 0 Å². The van der Waals surface area contributed by atoms with Gasteiger partial charge in [0.2, 0.25) is 10.0 Å². The Balaban J connectivity index is 1.40. The third kappa shape index (κ3) is 4.36. The van der Waals surface area contributed by atoms with Crippen LogP contribution in [0, 0.1) is 0 Å². The van der Waals surface area contributed by atoms with Crippen molar-refractivity contribution >= 4 is 21.9 Å². The molecule has 0 spiro atoms. The quantitative estimate of drug-likeness (QED) is 0.665. The second-order valence-electron chi connectivity index (χ2n) is 7.78. The second kappa shape index (κ2) is 8.80. The summed E-state index contributed by atoms with van der Waals surface area (Å²) in [6, 6.07) is 11.7. The number of esters is 1. The topological polar surface area (TPSA) is 84.0 Å². The van der Waals surface area contributed by atoms with Crippen LogP contribution in [0.1, 0.15) is 45.2 Å². The van der Waals surface area contributed by atoms with Crippen molar-refractivity contribution in [2.75, 3.05) is 32.8 Å². The zero-order valence-corrected chi connectivity index (χ0v) is 18.4. The maximum atomic E-state index is 13.0. The molecule has 7 nitrogen and oxygen atoms in total. The second-order valence-corrected chi connectivity index (χ2v) is 9.72. The van der Waals surface area contributed by atoms with Gasteiger partial charge in [0, 0.05) is 31.7 Å². The molecule has 0 N–H and O–H groups in total. The molecule has 8 heteroatoms. The number of sulfonamides is 1. The summed E-state index contributed by atoms with van der Waals surface area (Å²) in [5.41, 5.74) is 3.55. The molecule has 0 atom stereocenters. The van der Waals surface area contributed by atoms with Gasteiger partial charge in [-0.05, 0) is 73.7 Å². The SMILES string of the molecule is CCOC(=O)c1ccc(S(=O)(=O)N2CCN(C(=O)c3ccc4c(c3)CCC4)CC2)cc1. The number of carbonyl (C=O) groups excluding carboxylic acids is 2. The molecule has 2 aliphatic rings. The summed E-state index contributed by atoms with van der Waals surface area (Å²) in [5.74, 6) is -0.532. The molecule has 1 fully saturated rings.